The molecule has 152 valence electrons. The summed E-state index contributed by atoms with van der Waals surface area (Å²) in [6.07, 6.45) is 1.82. The largest absolute Gasteiger partial charge is 0.447 e. The average molecular weight is 411 g/mol. The van der Waals surface area contributed by atoms with Crippen molar-refractivity contribution in [3.63, 3.8) is 0 Å². The second-order valence-electron chi connectivity index (χ2n) is 7.45. The van der Waals surface area contributed by atoms with E-state index in [0.717, 1.165) is 25.9 Å². The molecule has 0 amide bonds. The number of nitrogens with zero attached hydrogens (tertiary/aromatic N) is 2. The minimum atomic E-state index is -3.52. The van der Waals surface area contributed by atoms with E-state index in [2.05, 4.69) is 29.2 Å². The van der Waals surface area contributed by atoms with E-state index >= 15 is 0 Å². The molecule has 1 fully saturated rings. The highest BCUT2D eigenvalue weighted by molar-refractivity contribution is 7.89. The Bertz CT molecular complexity index is 969. The highest BCUT2D eigenvalue weighted by Gasteiger charge is 2.30. The summed E-state index contributed by atoms with van der Waals surface area (Å²) in [5.41, 5.74) is 2.42. The van der Waals surface area contributed by atoms with Crippen LogP contribution in [0.3, 0.4) is 0 Å². The van der Waals surface area contributed by atoms with Crippen LogP contribution in [-0.4, -0.2) is 30.7 Å². The van der Waals surface area contributed by atoms with Gasteiger partial charge in [0, 0.05) is 26.2 Å². The average Bonchev–Trinajstić information content (AvgIpc) is 3.42. The summed E-state index contributed by atoms with van der Waals surface area (Å²) >= 11 is 0. The third-order valence-corrected chi connectivity index (χ3v) is 6.95. The Balaban J connectivity index is 1.52. The quantitative estimate of drug-likeness (QED) is 0.557. The van der Waals surface area contributed by atoms with Gasteiger partial charge in [-0.15, -0.1) is 0 Å². The summed E-state index contributed by atoms with van der Waals surface area (Å²) in [6, 6.07) is 23.9. The Hall–Kier alpha value is -2.41. The van der Waals surface area contributed by atoms with Crippen LogP contribution in [0.15, 0.2) is 82.3 Å². The van der Waals surface area contributed by atoms with Crippen molar-refractivity contribution in [2.24, 2.45) is 0 Å². The van der Waals surface area contributed by atoms with Gasteiger partial charge in [-0.1, -0.05) is 60.7 Å². The molecule has 0 spiro atoms. The van der Waals surface area contributed by atoms with Crippen LogP contribution in [0.1, 0.15) is 29.7 Å². The molecular weight excluding hydrogens is 384 g/mol. The van der Waals surface area contributed by atoms with E-state index in [1.54, 1.807) is 12.1 Å². The Kier molecular flexibility index (Phi) is 6.13. The number of furan rings is 1. The van der Waals surface area contributed by atoms with E-state index in [1.165, 1.54) is 15.4 Å². The predicted molar refractivity (Wildman–Crippen MR) is 113 cm³/mol. The molecule has 0 atom stereocenters. The molecular formula is C23H26N2O3S. The molecule has 0 bridgehead atoms. The maximum Gasteiger partial charge on any atom is 0.276 e. The lowest BCUT2D eigenvalue weighted by Gasteiger charge is -2.21. The van der Waals surface area contributed by atoms with Crippen LogP contribution >= 0.6 is 0 Å². The number of sulfonamides is 1. The van der Waals surface area contributed by atoms with Gasteiger partial charge in [0.15, 0.2) is 0 Å². The summed E-state index contributed by atoms with van der Waals surface area (Å²) in [5.74, 6) is 0.662. The minimum Gasteiger partial charge on any atom is -0.447 e. The van der Waals surface area contributed by atoms with Crippen molar-refractivity contribution in [1.29, 1.82) is 0 Å². The van der Waals surface area contributed by atoms with Crippen LogP contribution in [0.2, 0.25) is 0 Å². The van der Waals surface area contributed by atoms with Crippen molar-refractivity contribution < 1.29 is 12.8 Å². The second kappa shape index (κ2) is 8.95. The lowest BCUT2D eigenvalue weighted by molar-refractivity contribution is 0.219. The van der Waals surface area contributed by atoms with Gasteiger partial charge >= 0.3 is 0 Å². The normalized spacial score (nSPS) is 15.2. The predicted octanol–water partition coefficient (Wildman–Crippen LogP) is 4.27. The monoisotopic (exact) mass is 410 g/mol. The lowest BCUT2D eigenvalue weighted by Crippen LogP contribution is -2.27. The zero-order valence-corrected chi connectivity index (χ0v) is 17.2. The summed E-state index contributed by atoms with van der Waals surface area (Å²) in [6.45, 7) is 3.20. The van der Waals surface area contributed by atoms with E-state index in [4.69, 9.17) is 4.42 Å². The maximum atomic E-state index is 12.7. The summed E-state index contributed by atoms with van der Waals surface area (Å²) < 4.78 is 32.8. The molecule has 5 nitrogen and oxygen atoms in total. The van der Waals surface area contributed by atoms with Crippen LogP contribution < -0.4 is 0 Å². The molecule has 0 unspecified atom stereocenters. The Morgan fingerprint density at radius 3 is 1.86 bits per heavy atom. The molecule has 0 saturated carbocycles. The summed E-state index contributed by atoms with van der Waals surface area (Å²) in [7, 11) is -3.52. The molecule has 4 rings (SSSR count). The van der Waals surface area contributed by atoms with Crippen molar-refractivity contribution in [3.8, 4) is 0 Å². The number of hydrogen-bond acceptors (Lipinski definition) is 4. The zero-order valence-electron chi connectivity index (χ0n) is 16.4. The zero-order chi connectivity index (χ0) is 20.1. The first-order valence-corrected chi connectivity index (χ1v) is 11.4. The molecule has 1 aromatic heterocycles. The molecule has 2 aromatic carbocycles. The lowest BCUT2D eigenvalue weighted by atomic mass is 10.1. The smallest absolute Gasteiger partial charge is 0.276 e. The highest BCUT2D eigenvalue weighted by Crippen LogP contribution is 2.24. The van der Waals surface area contributed by atoms with Crippen LogP contribution in [0, 0.1) is 0 Å². The van der Waals surface area contributed by atoms with Crippen LogP contribution in [0.25, 0.3) is 0 Å². The maximum absolute atomic E-state index is 12.7. The molecule has 3 aromatic rings. The third-order valence-electron chi connectivity index (χ3n) is 5.17. The molecule has 2 heterocycles. The minimum absolute atomic E-state index is 0.0498. The highest BCUT2D eigenvalue weighted by atomic mass is 32.2. The van der Waals surface area contributed by atoms with Crippen LogP contribution in [0.4, 0.5) is 0 Å². The van der Waals surface area contributed by atoms with Gasteiger partial charge in [0.1, 0.15) is 5.76 Å². The molecule has 6 heteroatoms. The van der Waals surface area contributed by atoms with E-state index in [0.29, 0.717) is 25.4 Å². The summed E-state index contributed by atoms with van der Waals surface area (Å²) in [5, 5.41) is 0.0498. The first-order chi connectivity index (χ1) is 14.1. The van der Waals surface area contributed by atoms with Crippen molar-refractivity contribution in [1.82, 2.24) is 9.21 Å². The van der Waals surface area contributed by atoms with Gasteiger partial charge in [0.2, 0.25) is 5.09 Å². The van der Waals surface area contributed by atoms with Gasteiger partial charge < -0.3 is 4.42 Å². The molecule has 1 saturated heterocycles. The fourth-order valence-electron chi connectivity index (χ4n) is 3.71. The number of rotatable bonds is 8. The molecule has 1 aliphatic rings. The van der Waals surface area contributed by atoms with Crippen LogP contribution in [-0.2, 0) is 29.7 Å². The molecule has 0 N–H and O–H groups in total. The van der Waals surface area contributed by atoms with E-state index in [9.17, 15) is 8.42 Å². The van der Waals surface area contributed by atoms with Gasteiger partial charge in [-0.2, -0.15) is 4.31 Å². The van der Waals surface area contributed by atoms with Gasteiger partial charge in [-0.05, 0) is 36.1 Å². The van der Waals surface area contributed by atoms with Gasteiger partial charge in [0.25, 0.3) is 10.0 Å². The topological polar surface area (TPSA) is 53.8 Å². The molecule has 0 radical (unpaired) electrons. The van der Waals surface area contributed by atoms with E-state index in [-0.39, 0.29) is 5.09 Å². The standard InChI is InChI=1S/C23H26N2O3S/c26-29(27,25-15-7-8-16-25)23-14-13-22(28-23)19-24(17-20-9-3-1-4-10-20)18-21-11-5-2-6-12-21/h1-6,9-14H,7-8,15-19H2. The fraction of sp³-hybridized carbons (Fsp3) is 0.304. The first-order valence-electron chi connectivity index (χ1n) is 10.0. The SMILES string of the molecule is O=S(=O)(c1ccc(CN(Cc2ccccc2)Cc2ccccc2)o1)N1CCCC1. The fourth-order valence-corrected chi connectivity index (χ4v) is 5.15. The number of hydrogen-bond donors (Lipinski definition) is 0. The third kappa shape index (κ3) is 4.96. The number of benzene rings is 2. The van der Waals surface area contributed by atoms with Crippen molar-refractivity contribution in [2.75, 3.05) is 13.1 Å². The Morgan fingerprint density at radius 2 is 1.31 bits per heavy atom. The van der Waals surface area contributed by atoms with Gasteiger partial charge in [-0.25, -0.2) is 8.42 Å². The van der Waals surface area contributed by atoms with Crippen molar-refractivity contribution in [3.05, 3.63) is 89.7 Å². The Morgan fingerprint density at radius 1 is 0.759 bits per heavy atom. The van der Waals surface area contributed by atoms with Crippen molar-refractivity contribution >= 4 is 10.0 Å². The van der Waals surface area contributed by atoms with Gasteiger partial charge in [0.05, 0.1) is 6.54 Å². The molecule has 1 aliphatic heterocycles. The van der Waals surface area contributed by atoms with Crippen LogP contribution in [0.5, 0.6) is 0 Å². The van der Waals surface area contributed by atoms with E-state index in [1.807, 2.05) is 36.4 Å². The van der Waals surface area contributed by atoms with E-state index < -0.39 is 10.0 Å². The van der Waals surface area contributed by atoms with Crippen molar-refractivity contribution in [2.45, 2.75) is 37.6 Å². The van der Waals surface area contributed by atoms with Gasteiger partial charge in [-0.3, -0.25) is 4.90 Å². The molecule has 29 heavy (non-hydrogen) atoms. The summed E-state index contributed by atoms with van der Waals surface area (Å²) in [4.78, 5) is 2.26. The second-order valence-corrected chi connectivity index (χ2v) is 9.32. The Labute approximate surface area is 172 Å². The first kappa shape index (κ1) is 19.9. The molecule has 0 aliphatic carbocycles.